The summed E-state index contributed by atoms with van der Waals surface area (Å²) in [7, 11) is 1.63. The molecule has 26 heavy (non-hydrogen) atoms. The maximum Gasteiger partial charge on any atom is 0.192 e. The van der Waals surface area contributed by atoms with Crippen LogP contribution >= 0.6 is 11.3 Å². The molecule has 130 valence electrons. The van der Waals surface area contributed by atoms with Gasteiger partial charge in [-0.2, -0.15) is 0 Å². The smallest absolute Gasteiger partial charge is 0.192 e. The second kappa shape index (κ2) is 7.06. The molecular formula is C21H18N2O2S. The molecule has 4 rings (SSSR count). The third-order valence-corrected chi connectivity index (χ3v) is 5.26. The van der Waals surface area contributed by atoms with Crippen LogP contribution < -0.4 is 10.1 Å². The van der Waals surface area contributed by atoms with Crippen LogP contribution in [0.15, 0.2) is 72.2 Å². The molecule has 0 aliphatic rings. The lowest BCUT2D eigenvalue weighted by molar-refractivity contribution is 0.0972. The molecule has 0 spiro atoms. The van der Waals surface area contributed by atoms with Crippen molar-refractivity contribution in [3.8, 4) is 5.75 Å². The third kappa shape index (κ3) is 3.09. The maximum atomic E-state index is 13.4. The third-order valence-electron chi connectivity index (χ3n) is 4.33. The minimum Gasteiger partial charge on any atom is -0.497 e. The molecule has 0 bridgehead atoms. The molecule has 0 radical (unpaired) electrons. The topological polar surface area (TPSA) is 54.1 Å². The summed E-state index contributed by atoms with van der Waals surface area (Å²) in [5.41, 5.74) is 2.49. The summed E-state index contributed by atoms with van der Waals surface area (Å²) in [6.45, 7) is 0. The summed E-state index contributed by atoms with van der Waals surface area (Å²) in [4.78, 5) is 17.5. The van der Waals surface area contributed by atoms with E-state index in [9.17, 15) is 4.79 Å². The van der Waals surface area contributed by atoms with Crippen LogP contribution in [-0.2, 0) is 0 Å². The Hall–Kier alpha value is -3.05. The Morgan fingerprint density at radius 3 is 2.81 bits per heavy atom. The fraction of sp³-hybridized carbons (Fsp3) is 0.0952. The van der Waals surface area contributed by atoms with Crippen LogP contribution in [0.1, 0.15) is 21.3 Å². The predicted molar refractivity (Wildman–Crippen MR) is 106 cm³/mol. The molecule has 0 aliphatic heterocycles. The quantitative estimate of drug-likeness (QED) is 0.459. The number of nitrogens with one attached hydrogen (secondary N) is 2. The number of para-hydroxylation sites is 1. The monoisotopic (exact) mass is 362 g/mol. The number of methoxy groups -OCH3 is 1. The van der Waals surface area contributed by atoms with E-state index in [4.69, 9.17) is 4.74 Å². The summed E-state index contributed by atoms with van der Waals surface area (Å²) in [5.74, 6) is 0.784. The summed E-state index contributed by atoms with van der Waals surface area (Å²) < 4.78 is 5.29. The molecule has 0 aliphatic carbocycles. The van der Waals surface area contributed by atoms with Crippen LogP contribution in [0.4, 0.5) is 5.69 Å². The number of H-pyrrole nitrogens is 1. The van der Waals surface area contributed by atoms with E-state index >= 15 is 0 Å². The molecule has 1 atom stereocenters. The highest BCUT2D eigenvalue weighted by molar-refractivity contribution is 7.10. The van der Waals surface area contributed by atoms with Gasteiger partial charge in [0.1, 0.15) is 11.8 Å². The van der Waals surface area contributed by atoms with Gasteiger partial charge in [-0.1, -0.05) is 30.3 Å². The number of hydrogen-bond acceptors (Lipinski definition) is 4. The molecule has 2 aromatic carbocycles. The Morgan fingerprint density at radius 1 is 1.12 bits per heavy atom. The summed E-state index contributed by atoms with van der Waals surface area (Å²) in [6, 6.07) is 18.9. The van der Waals surface area contributed by atoms with Gasteiger partial charge < -0.3 is 15.0 Å². The first-order valence-electron chi connectivity index (χ1n) is 8.30. The molecule has 0 saturated heterocycles. The standard InChI is InChI=1S/C21H18N2O2S/c1-25-15-7-4-6-14(12-15)23-20(19-10-5-11-26-19)21(24)17-13-22-18-9-3-2-8-16(17)18/h2-13,20,22-23H,1H3. The molecule has 2 N–H and O–H groups in total. The molecule has 2 heterocycles. The van der Waals surface area contributed by atoms with Gasteiger partial charge in [0.2, 0.25) is 0 Å². The number of rotatable bonds is 6. The Labute approximate surface area is 155 Å². The van der Waals surface area contributed by atoms with Crippen molar-refractivity contribution in [1.29, 1.82) is 0 Å². The van der Waals surface area contributed by atoms with Crippen molar-refractivity contribution in [2.24, 2.45) is 0 Å². The average molecular weight is 362 g/mol. The van der Waals surface area contributed by atoms with Gasteiger partial charge in [-0.05, 0) is 29.6 Å². The summed E-state index contributed by atoms with van der Waals surface area (Å²) >= 11 is 1.57. The Bertz CT molecular complexity index is 1040. The lowest BCUT2D eigenvalue weighted by Crippen LogP contribution is -2.20. The fourth-order valence-corrected chi connectivity index (χ4v) is 3.81. The number of carbonyl (C=O) groups is 1. The second-order valence-electron chi connectivity index (χ2n) is 5.94. The van der Waals surface area contributed by atoms with Crippen molar-refractivity contribution in [2.75, 3.05) is 12.4 Å². The van der Waals surface area contributed by atoms with Crippen LogP contribution in [0.2, 0.25) is 0 Å². The van der Waals surface area contributed by atoms with E-state index in [1.807, 2.05) is 66.0 Å². The van der Waals surface area contributed by atoms with Crippen molar-refractivity contribution in [3.63, 3.8) is 0 Å². The molecule has 4 aromatic rings. The Morgan fingerprint density at radius 2 is 2.00 bits per heavy atom. The SMILES string of the molecule is COc1cccc(NC(C(=O)c2c[nH]c3ccccc23)c2cccs2)c1. The minimum absolute atomic E-state index is 0.0349. The van der Waals surface area contributed by atoms with Crippen LogP contribution in [0.25, 0.3) is 10.9 Å². The molecule has 0 amide bonds. The number of anilines is 1. The zero-order chi connectivity index (χ0) is 17.9. The van der Waals surface area contributed by atoms with Gasteiger partial charge in [-0.15, -0.1) is 11.3 Å². The number of carbonyl (C=O) groups excluding carboxylic acids is 1. The van der Waals surface area contributed by atoms with Gasteiger partial charge in [-0.3, -0.25) is 4.79 Å². The molecule has 4 nitrogen and oxygen atoms in total. The van der Waals surface area contributed by atoms with E-state index < -0.39 is 6.04 Å². The number of thiophene rings is 1. The highest BCUT2D eigenvalue weighted by Gasteiger charge is 2.25. The summed E-state index contributed by atoms with van der Waals surface area (Å²) in [6.07, 6.45) is 1.79. The number of aromatic amines is 1. The van der Waals surface area contributed by atoms with Gasteiger partial charge in [0.25, 0.3) is 0 Å². The van der Waals surface area contributed by atoms with Crippen molar-refractivity contribution in [3.05, 3.63) is 82.7 Å². The zero-order valence-electron chi connectivity index (χ0n) is 14.2. The molecule has 5 heteroatoms. The fourth-order valence-electron chi connectivity index (χ4n) is 3.03. The first-order valence-corrected chi connectivity index (χ1v) is 9.18. The van der Waals surface area contributed by atoms with Crippen LogP contribution in [-0.4, -0.2) is 17.9 Å². The molecule has 0 fully saturated rings. The van der Waals surface area contributed by atoms with Crippen molar-refractivity contribution < 1.29 is 9.53 Å². The van der Waals surface area contributed by atoms with Crippen LogP contribution in [0.5, 0.6) is 5.75 Å². The number of aromatic nitrogens is 1. The lowest BCUT2D eigenvalue weighted by atomic mass is 10.0. The largest absolute Gasteiger partial charge is 0.497 e. The van der Waals surface area contributed by atoms with Gasteiger partial charge in [0.05, 0.1) is 7.11 Å². The number of hydrogen-bond donors (Lipinski definition) is 2. The normalized spacial score (nSPS) is 12.0. The van der Waals surface area contributed by atoms with Crippen molar-refractivity contribution in [2.45, 2.75) is 6.04 Å². The van der Waals surface area contributed by atoms with Crippen molar-refractivity contribution in [1.82, 2.24) is 4.98 Å². The maximum absolute atomic E-state index is 13.4. The number of ketones is 1. The molecule has 2 aromatic heterocycles. The minimum atomic E-state index is -0.457. The van der Waals surface area contributed by atoms with E-state index in [2.05, 4.69) is 10.3 Å². The Balaban J connectivity index is 1.72. The average Bonchev–Trinajstić information content (AvgIpc) is 3.35. The Kier molecular flexibility index (Phi) is 4.46. The first kappa shape index (κ1) is 16.4. The van der Waals surface area contributed by atoms with E-state index in [0.29, 0.717) is 5.56 Å². The number of ether oxygens (including phenoxy) is 1. The molecule has 0 saturated carbocycles. The van der Waals surface area contributed by atoms with E-state index in [0.717, 1.165) is 27.2 Å². The highest BCUT2D eigenvalue weighted by atomic mass is 32.1. The number of benzene rings is 2. The first-order chi connectivity index (χ1) is 12.8. The summed E-state index contributed by atoms with van der Waals surface area (Å²) in [5, 5.41) is 6.30. The van der Waals surface area contributed by atoms with Gasteiger partial charge >= 0.3 is 0 Å². The van der Waals surface area contributed by atoms with Gasteiger partial charge in [0, 0.05) is 39.3 Å². The lowest BCUT2D eigenvalue weighted by Gasteiger charge is -2.18. The highest BCUT2D eigenvalue weighted by Crippen LogP contribution is 2.30. The molecule has 1 unspecified atom stereocenters. The van der Waals surface area contributed by atoms with Gasteiger partial charge in [-0.25, -0.2) is 0 Å². The van der Waals surface area contributed by atoms with Crippen LogP contribution in [0, 0.1) is 0 Å². The predicted octanol–water partition coefficient (Wildman–Crippen LogP) is 5.27. The zero-order valence-corrected chi connectivity index (χ0v) is 15.0. The van der Waals surface area contributed by atoms with E-state index in [-0.39, 0.29) is 5.78 Å². The van der Waals surface area contributed by atoms with E-state index in [1.54, 1.807) is 24.6 Å². The van der Waals surface area contributed by atoms with Gasteiger partial charge in [0.15, 0.2) is 5.78 Å². The molecular weight excluding hydrogens is 344 g/mol. The number of fused-ring (bicyclic) bond motifs is 1. The number of Topliss-reactive ketones (excluding diaryl/α,β-unsaturated/α-hetero) is 1. The van der Waals surface area contributed by atoms with Crippen molar-refractivity contribution >= 4 is 33.7 Å². The second-order valence-corrected chi connectivity index (χ2v) is 6.92. The van der Waals surface area contributed by atoms with Crippen LogP contribution in [0.3, 0.4) is 0 Å². The van der Waals surface area contributed by atoms with E-state index in [1.165, 1.54) is 0 Å².